The fourth-order valence-corrected chi connectivity index (χ4v) is 1.91. The van der Waals surface area contributed by atoms with Crippen LogP contribution in [0.4, 0.5) is 0 Å². The molecule has 19 heavy (non-hydrogen) atoms. The van der Waals surface area contributed by atoms with Crippen LogP contribution in [0.5, 0.6) is 5.75 Å². The van der Waals surface area contributed by atoms with Crippen molar-refractivity contribution in [2.45, 2.75) is 25.7 Å². The molecule has 1 heterocycles. The first-order chi connectivity index (χ1) is 9.26. The lowest BCUT2D eigenvalue weighted by molar-refractivity contribution is 0.348. The molecule has 2 N–H and O–H groups in total. The van der Waals surface area contributed by atoms with Crippen molar-refractivity contribution >= 4 is 0 Å². The van der Waals surface area contributed by atoms with Crippen LogP contribution < -0.4 is 10.5 Å². The van der Waals surface area contributed by atoms with Crippen LogP contribution in [0.15, 0.2) is 28.8 Å². The summed E-state index contributed by atoms with van der Waals surface area (Å²) in [6, 6.07) is 7.84. The number of nitrogens with zero attached hydrogens (tertiary/aromatic N) is 2. The molecule has 5 nitrogen and oxygen atoms in total. The van der Waals surface area contributed by atoms with E-state index >= 15 is 0 Å². The van der Waals surface area contributed by atoms with Gasteiger partial charge in [0.1, 0.15) is 5.75 Å². The van der Waals surface area contributed by atoms with Crippen LogP contribution >= 0.6 is 0 Å². The third-order valence-corrected chi connectivity index (χ3v) is 3.11. The summed E-state index contributed by atoms with van der Waals surface area (Å²) in [6.07, 6.45) is 1.53. The molecule has 0 aliphatic carbocycles. The number of methoxy groups -OCH3 is 1. The van der Waals surface area contributed by atoms with E-state index in [1.54, 1.807) is 7.11 Å². The molecule has 102 valence electrons. The summed E-state index contributed by atoms with van der Waals surface area (Å²) in [5.74, 6) is 2.28. The van der Waals surface area contributed by atoms with E-state index in [0.717, 1.165) is 17.7 Å². The first-order valence-corrected chi connectivity index (χ1v) is 6.42. The van der Waals surface area contributed by atoms with Gasteiger partial charge in [0.25, 0.3) is 0 Å². The Balaban J connectivity index is 2.10. The van der Waals surface area contributed by atoms with Gasteiger partial charge in [0.15, 0.2) is 5.82 Å². The number of ether oxygens (including phenoxy) is 1. The van der Waals surface area contributed by atoms with Crippen molar-refractivity contribution in [3.8, 4) is 5.75 Å². The minimum atomic E-state index is 0.145. The van der Waals surface area contributed by atoms with E-state index in [4.69, 9.17) is 15.0 Å². The first-order valence-electron chi connectivity index (χ1n) is 6.42. The predicted molar refractivity (Wildman–Crippen MR) is 72.2 cm³/mol. The lowest BCUT2D eigenvalue weighted by Gasteiger charge is -2.04. The Kier molecular flexibility index (Phi) is 4.52. The standard InChI is InChI=1S/C14H19N3O2/c1-3-11(9-15)14-16-13(17-19-14)8-10-5-4-6-12(7-10)18-2/h4-7,11H,3,8-9,15H2,1-2H3. The minimum Gasteiger partial charge on any atom is -0.497 e. The van der Waals surface area contributed by atoms with E-state index in [-0.39, 0.29) is 5.92 Å². The molecular weight excluding hydrogens is 242 g/mol. The van der Waals surface area contributed by atoms with Gasteiger partial charge in [-0.2, -0.15) is 4.98 Å². The summed E-state index contributed by atoms with van der Waals surface area (Å²) in [5, 5.41) is 4.00. The Hall–Kier alpha value is -1.88. The average molecular weight is 261 g/mol. The summed E-state index contributed by atoms with van der Waals surface area (Å²) >= 11 is 0. The van der Waals surface area contributed by atoms with Crippen LogP contribution in [-0.4, -0.2) is 23.8 Å². The van der Waals surface area contributed by atoms with Crippen molar-refractivity contribution < 1.29 is 9.26 Å². The minimum absolute atomic E-state index is 0.145. The van der Waals surface area contributed by atoms with Crippen molar-refractivity contribution in [2.75, 3.05) is 13.7 Å². The molecular formula is C14H19N3O2. The maximum Gasteiger partial charge on any atom is 0.231 e. The highest BCUT2D eigenvalue weighted by molar-refractivity contribution is 5.30. The highest BCUT2D eigenvalue weighted by atomic mass is 16.5. The zero-order valence-corrected chi connectivity index (χ0v) is 11.3. The van der Waals surface area contributed by atoms with E-state index < -0.39 is 0 Å². The topological polar surface area (TPSA) is 74.2 Å². The van der Waals surface area contributed by atoms with Crippen LogP contribution in [0.25, 0.3) is 0 Å². The van der Waals surface area contributed by atoms with E-state index in [1.807, 2.05) is 24.3 Å². The molecule has 2 rings (SSSR count). The molecule has 1 aromatic heterocycles. The molecule has 1 atom stereocenters. The quantitative estimate of drug-likeness (QED) is 0.862. The molecule has 0 spiro atoms. The fraction of sp³-hybridized carbons (Fsp3) is 0.429. The first kappa shape index (κ1) is 13.5. The molecule has 0 bridgehead atoms. The summed E-state index contributed by atoms with van der Waals surface area (Å²) in [7, 11) is 1.65. The molecule has 0 radical (unpaired) electrons. The fourth-order valence-electron chi connectivity index (χ4n) is 1.91. The molecule has 0 fully saturated rings. The smallest absolute Gasteiger partial charge is 0.231 e. The lowest BCUT2D eigenvalue weighted by Crippen LogP contribution is -2.11. The number of benzene rings is 1. The van der Waals surface area contributed by atoms with Crippen LogP contribution in [0, 0.1) is 0 Å². The van der Waals surface area contributed by atoms with Gasteiger partial charge >= 0.3 is 0 Å². The normalized spacial score (nSPS) is 12.4. The van der Waals surface area contributed by atoms with Gasteiger partial charge in [-0.25, -0.2) is 0 Å². The highest BCUT2D eigenvalue weighted by Gasteiger charge is 2.15. The van der Waals surface area contributed by atoms with E-state index in [9.17, 15) is 0 Å². The number of hydrogen-bond acceptors (Lipinski definition) is 5. The van der Waals surface area contributed by atoms with E-state index in [1.165, 1.54) is 0 Å². The van der Waals surface area contributed by atoms with Gasteiger partial charge < -0.3 is 15.0 Å². The third kappa shape index (κ3) is 3.32. The molecule has 5 heteroatoms. The van der Waals surface area contributed by atoms with Crippen LogP contribution in [0.1, 0.15) is 36.5 Å². The Morgan fingerprint density at radius 1 is 1.42 bits per heavy atom. The van der Waals surface area contributed by atoms with Gasteiger partial charge in [-0.3, -0.25) is 0 Å². The molecule has 1 unspecified atom stereocenters. The third-order valence-electron chi connectivity index (χ3n) is 3.11. The molecule has 0 saturated heterocycles. The van der Waals surface area contributed by atoms with Crippen molar-refractivity contribution in [1.29, 1.82) is 0 Å². The summed E-state index contributed by atoms with van der Waals surface area (Å²) < 4.78 is 10.5. The van der Waals surface area contributed by atoms with Crippen molar-refractivity contribution in [1.82, 2.24) is 10.1 Å². The Morgan fingerprint density at radius 3 is 2.95 bits per heavy atom. The molecule has 0 saturated carbocycles. The van der Waals surface area contributed by atoms with Crippen molar-refractivity contribution in [3.05, 3.63) is 41.5 Å². The van der Waals surface area contributed by atoms with Gasteiger partial charge in [0, 0.05) is 13.0 Å². The van der Waals surface area contributed by atoms with Gasteiger partial charge in [-0.05, 0) is 24.1 Å². The predicted octanol–water partition coefficient (Wildman–Crippen LogP) is 2.12. The maximum absolute atomic E-state index is 5.67. The summed E-state index contributed by atoms with van der Waals surface area (Å²) in [6.45, 7) is 2.58. The number of aromatic nitrogens is 2. The van der Waals surface area contributed by atoms with E-state index in [0.29, 0.717) is 24.7 Å². The molecule has 0 amide bonds. The van der Waals surface area contributed by atoms with Crippen LogP contribution in [0.3, 0.4) is 0 Å². The second-order valence-electron chi connectivity index (χ2n) is 4.42. The summed E-state index contributed by atoms with van der Waals surface area (Å²) in [4.78, 5) is 4.40. The van der Waals surface area contributed by atoms with Crippen molar-refractivity contribution in [3.63, 3.8) is 0 Å². The number of hydrogen-bond donors (Lipinski definition) is 1. The monoisotopic (exact) mass is 261 g/mol. The SMILES string of the molecule is CCC(CN)c1nc(Cc2cccc(OC)c2)no1. The second-order valence-corrected chi connectivity index (χ2v) is 4.42. The average Bonchev–Trinajstić information content (AvgIpc) is 2.89. The molecule has 0 aliphatic rings. The Morgan fingerprint density at radius 2 is 2.26 bits per heavy atom. The Labute approximate surface area is 112 Å². The zero-order valence-electron chi connectivity index (χ0n) is 11.3. The van der Waals surface area contributed by atoms with Gasteiger partial charge in [0.05, 0.1) is 13.0 Å². The van der Waals surface area contributed by atoms with Crippen LogP contribution in [-0.2, 0) is 6.42 Å². The van der Waals surface area contributed by atoms with Crippen LogP contribution in [0.2, 0.25) is 0 Å². The number of nitrogens with two attached hydrogens (primary N) is 1. The largest absolute Gasteiger partial charge is 0.497 e. The molecule has 0 aliphatic heterocycles. The molecule has 1 aromatic carbocycles. The van der Waals surface area contributed by atoms with Gasteiger partial charge in [-0.1, -0.05) is 24.2 Å². The second kappa shape index (κ2) is 6.33. The highest BCUT2D eigenvalue weighted by Crippen LogP contribution is 2.18. The summed E-state index contributed by atoms with van der Waals surface area (Å²) in [5.41, 5.74) is 6.76. The maximum atomic E-state index is 5.67. The van der Waals surface area contributed by atoms with Gasteiger partial charge in [-0.15, -0.1) is 0 Å². The van der Waals surface area contributed by atoms with Gasteiger partial charge in [0.2, 0.25) is 5.89 Å². The van der Waals surface area contributed by atoms with Crippen molar-refractivity contribution in [2.24, 2.45) is 5.73 Å². The molecule has 2 aromatic rings. The Bertz CT molecular complexity index is 521. The zero-order chi connectivity index (χ0) is 13.7. The number of rotatable bonds is 6. The van der Waals surface area contributed by atoms with E-state index in [2.05, 4.69) is 17.1 Å². The lowest BCUT2D eigenvalue weighted by atomic mass is 10.1.